The van der Waals surface area contributed by atoms with Gasteiger partial charge in [0.15, 0.2) is 0 Å². The van der Waals surface area contributed by atoms with Gasteiger partial charge in [-0.3, -0.25) is 0 Å². The lowest BCUT2D eigenvalue weighted by Gasteiger charge is -2.27. The number of benzene rings is 2. The topological polar surface area (TPSA) is 12.0 Å². The highest BCUT2D eigenvalue weighted by atomic mass is 35.5. The van der Waals surface area contributed by atoms with E-state index in [4.69, 9.17) is 11.6 Å². The van der Waals surface area contributed by atoms with E-state index in [-0.39, 0.29) is 0 Å². The normalized spacial score (nSPS) is 14.2. The molecule has 0 aliphatic rings. The molecule has 1 nitrogen and oxygen atoms in total. The molecule has 0 fully saturated rings. The van der Waals surface area contributed by atoms with Gasteiger partial charge >= 0.3 is 0 Å². The SMILES string of the molecule is Cc1ccc(C(C)NC(c2ccc(Cl)cc2)C(C)C)cc1. The molecule has 1 N–H and O–H groups in total. The Bertz CT molecular complexity index is 557. The Balaban J connectivity index is 2.16. The second kappa shape index (κ2) is 7.11. The molecule has 2 unspecified atom stereocenters. The molecule has 0 amide bonds. The first kappa shape index (κ1) is 16.1. The molecule has 2 heteroatoms. The van der Waals surface area contributed by atoms with E-state index < -0.39 is 0 Å². The van der Waals surface area contributed by atoms with E-state index in [1.807, 2.05) is 12.1 Å². The third kappa shape index (κ3) is 4.33. The van der Waals surface area contributed by atoms with E-state index in [1.54, 1.807) is 0 Å². The van der Waals surface area contributed by atoms with Gasteiger partial charge in [0.2, 0.25) is 0 Å². The minimum Gasteiger partial charge on any atom is -0.303 e. The van der Waals surface area contributed by atoms with Gasteiger partial charge in [0, 0.05) is 17.1 Å². The van der Waals surface area contributed by atoms with Gasteiger partial charge in [0.1, 0.15) is 0 Å². The standard InChI is InChI=1S/C19H24ClN/c1-13(2)19(17-9-11-18(20)12-10-17)21-15(4)16-7-5-14(3)6-8-16/h5-13,15,19,21H,1-4H3. The third-order valence-corrected chi connectivity index (χ3v) is 4.15. The minimum absolute atomic E-state index is 0.314. The van der Waals surface area contributed by atoms with Gasteiger partial charge in [-0.25, -0.2) is 0 Å². The molecular weight excluding hydrogens is 278 g/mol. The summed E-state index contributed by atoms with van der Waals surface area (Å²) in [7, 11) is 0. The average molecular weight is 302 g/mol. The molecule has 0 spiro atoms. The van der Waals surface area contributed by atoms with E-state index >= 15 is 0 Å². The summed E-state index contributed by atoms with van der Waals surface area (Å²) in [4.78, 5) is 0. The lowest BCUT2D eigenvalue weighted by atomic mass is 9.94. The van der Waals surface area contributed by atoms with Crippen molar-refractivity contribution in [3.63, 3.8) is 0 Å². The van der Waals surface area contributed by atoms with Crippen LogP contribution in [0.1, 0.15) is 49.5 Å². The summed E-state index contributed by atoms with van der Waals surface area (Å²) in [5, 5.41) is 4.53. The van der Waals surface area contributed by atoms with Crippen LogP contribution >= 0.6 is 11.6 Å². The molecule has 112 valence electrons. The van der Waals surface area contributed by atoms with Crippen LogP contribution in [0.5, 0.6) is 0 Å². The largest absolute Gasteiger partial charge is 0.303 e. The van der Waals surface area contributed by atoms with Crippen LogP contribution in [0.15, 0.2) is 48.5 Å². The van der Waals surface area contributed by atoms with Crippen molar-refractivity contribution in [2.45, 2.75) is 39.8 Å². The number of halogens is 1. The molecule has 0 aliphatic heterocycles. The molecule has 0 radical (unpaired) electrons. The van der Waals surface area contributed by atoms with Gasteiger partial charge in [-0.15, -0.1) is 0 Å². The highest BCUT2D eigenvalue weighted by Gasteiger charge is 2.18. The predicted octanol–water partition coefficient (Wildman–Crippen LogP) is 5.70. The van der Waals surface area contributed by atoms with E-state index in [0.717, 1.165) is 5.02 Å². The molecule has 0 aliphatic carbocycles. The second-order valence-corrected chi connectivity index (χ2v) is 6.51. The summed E-state index contributed by atoms with van der Waals surface area (Å²) in [6, 6.07) is 17.5. The first-order chi connectivity index (χ1) is 9.97. The van der Waals surface area contributed by atoms with Crippen molar-refractivity contribution in [2.24, 2.45) is 5.92 Å². The maximum absolute atomic E-state index is 5.99. The molecular formula is C19H24ClN. The van der Waals surface area contributed by atoms with Crippen molar-refractivity contribution < 1.29 is 0 Å². The molecule has 0 saturated heterocycles. The molecule has 0 bridgehead atoms. The van der Waals surface area contributed by atoms with Crippen LogP contribution in [-0.2, 0) is 0 Å². The molecule has 0 heterocycles. The molecule has 2 aromatic carbocycles. The highest BCUT2D eigenvalue weighted by molar-refractivity contribution is 6.30. The van der Waals surface area contributed by atoms with Crippen molar-refractivity contribution in [2.75, 3.05) is 0 Å². The second-order valence-electron chi connectivity index (χ2n) is 6.07. The first-order valence-corrected chi connectivity index (χ1v) is 7.93. The van der Waals surface area contributed by atoms with E-state index in [1.165, 1.54) is 16.7 Å². The monoisotopic (exact) mass is 301 g/mol. The summed E-state index contributed by atoms with van der Waals surface area (Å²) in [5.41, 5.74) is 3.90. The average Bonchev–Trinajstić information content (AvgIpc) is 2.46. The van der Waals surface area contributed by atoms with Gasteiger partial charge in [-0.05, 0) is 43.0 Å². The maximum Gasteiger partial charge on any atom is 0.0406 e. The van der Waals surface area contributed by atoms with Crippen LogP contribution in [0.2, 0.25) is 5.02 Å². The van der Waals surface area contributed by atoms with Crippen molar-refractivity contribution >= 4 is 11.6 Å². The van der Waals surface area contributed by atoms with Crippen LogP contribution in [0, 0.1) is 12.8 Å². The fraction of sp³-hybridized carbons (Fsp3) is 0.368. The summed E-state index contributed by atoms with van der Waals surface area (Å²) < 4.78 is 0. The Labute approximate surface area is 133 Å². The zero-order valence-corrected chi connectivity index (χ0v) is 14.0. The molecule has 0 saturated carbocycles. The molecule has 21 heavy (non-hydrogen) atoms. The van der Waals surface area contributed by atoms with Gasteiger partial charge in [-0.1, -0.05) is 67.4 Å². The summed E-state index contributed by atoms with van der Waals surface area (Å²) >= 11 is 5.99. The number of aryl methyl sites for hydroxylation is 1. The number of rotatable bonds is 5. The number of hydrogen-bond donors (Lipinski definition) is 1. The Morgan fingerprint density at radius 1 is 0.810 bits per heavy atom. The number of hydrogen-bond acceptors (Lipinski definition) is 1. The quantitative estimate of drug-likeness (QED) is 0.747. The Morgan fingerprint density at radius 3 is 1.86 bits per heavy atom. The molecule has 2 rings (SSSR count). The molecule has 0 aromatic heterocycles. The van der Waals surface area contributed by atoms with Crippen LogP contribution in [0.25, 0.3) is 0 Å². The fourth-order valence-corrected chi connectivity index (χ4v) is 2.69. The highest BCUT2D eigenvalue weighted by Crippen LogP contribution is 2.27. The van der Waals surface area contributed by atoms with Crippen LogP contribution in [-0.4, -0.2) is 0 Å². The van der Waals surface area contributed by atoms with Crippen LogP contribution in [0.4, 0.5) is 0 Å². The molecule has 2 atom stereocenters. The van der Waals surface area contributed by atoms with E-state index in [9.17, 15) is 0 Å². The van der Waals surface area contributed by atoms with Crippen molar-refractivity contribution in [1.82, 2.24) is 5.32 Å². The lowest BCUT2D eigenvalue weighted by molar-refractivity contribution is 0.374. The zero-order chi connectivity index (χ0) is 15.4. The fourth-order valence-electron chi connectivity index (χ4n) is 2.56. The van der Waals surface area contributed by atoms with Crippen molar-refractivity contribution in [3.05, 3.63) is 70.2 Å². The lowest BCUT2D eigenvalue weighted by Crippen LogP contribution is -2.28. The summed E-state index contributed by atoms with van der Waals surface area (Å²) in [6.07, 6.45) is 0. The van der Waals surface area contributed by atoms with Crippen molar-refractivity contribution in [3.8, 4) is 0 Å². The smallest absolute Gasteiger partial charge is 0.0406 e. The summed E-state index contributed by atoms with van der Waals surface area (Å²) in [5.74, 6) is 0.513. The minimum atomic E-state index is 0.314. The predicted molar refractivity (Wildman–Crippen MR) is 91.8 cm³/mol. The Kier molecular flexibility index (Phi) is 5.44. The maximum atomic E-state index is 5.99. The van der Waals surface area contributed by atoms with Crippen LogP contribution in [0.3, 0.4) is 0 Å². The molecule has 2 aromatic rings. The van der Waals surface area contributed by atoms with Crippen LogP contribution < -0.4 is 5.32 Å². The van der Waals surface area contributed by atoms with Gasteiger partial charge in [-0.2, -0.15) is 0 Å². The van der Waals surface area contributed by atoms with Crippen molar-refractivity contribution in [1.29, 1.82) is 0 Å². The zero-order valence-electron chi connectivity index (χ0n) is 13.2. The summed E-state index contributed by atoms with van der Waals surface area (Å²) in [6.45, 7) is 8.82. The number of nitrogens with one attached hydrogen (secondary N) is 1. The Morgan fingerprint density at radius 2 is 1.33 bits per heavy atom. The van der Waals surface area contributed by atoms with E-state index in [2.05, 4.69) is 69.4 Å². The third-order valence-electron chi connectivity index (χ3n) is 3.90. The van der Waals surface area contributed by atoms with Gasteiger partial charge < -0.3 is 5.32 Å². The van der Waals surface area contributed by atoms with E-state index in [0.29, 0.717) is 18.0 Å². The van der Waals surface area contributed by atoms with Gasteiger partial charge in [0.05, 0.1) is 0 Å². The first-order valence-electron chi connectivity index (χ1n) is 7.55. The van der Waals surface area contributed by atoms with Gasteiger partial charge in [0.25, 0.3) is 0 Å². The Hall–Kier alpha value is -1.31.